The summed E-state index contributed by atoms with van der Waals surface area (Å²) in [5, 5.41) is 8.37. The first kappa shape index (κ1) is 26.9. The van der Waals surface area contributed by atoms with E-state index >= 15 is 0 Å². The maximum absolute atomic E-state index is 13.2. The lowest BCUT2D eigenvalue weighted by atomic mass is 10.1. The zero-order chi connectivity index (χ0) is 27.1. The lowest BCUT2D eigenvalue weighted by Crippen LogP contribution is -2.41. The van der Waals surface area contributed by atoms with Crippen molar-refractivity contribution in [1.29, 1.82) is 0 Å². The zero-order valence-corrected chi connectivity index (χ0v) is 22.5. The Hall–Kier alpha value is -4.10. The summed E-state index contributed by atoms with van der Waals surface area (Å²) >= 11 is 5.91. The number of hydrogen-bond donors (Lipinski definition) is 1. The largest absolute Gasteiger partial charge is 0.484 e. The summed E-state index contributed by atoms with van der Waals surface area (Å²) in [7, 11) is 0. The predicted octanol–water partition coefficient (Wildman–Crippen LogP) is 6.07. The number of carbonyl (C=O) groups excluding carboxylic acids is 2. The van der Waals surface area contributed by atoms with Crippen LogP contribution in [0.5, 0.6) is 5.75 Å². The number of benzene rings is 3. The van der Waals surface area contributed by atoms with Crippen LogP contribution in [0.4, 0.5) is 5.82 Å². The molecular weight excluding hydrogens is 500 g/mol. The van der Waals surface area contributed by atoms with E-state index in [1.54, 1.807) is 28.9 Å². The molecule has 0 aliphatic carbocycles. The first-order valence-corrected chi connectivity index (χ1v) is 12.9. The van der Waals surface area contributed by atoms with Crippen molar-refractivity contribution in [1.82, 2.24) is 14.7 Å². The third kappa shape index (κ3) is 6.81. The predicted molar refractivity (Wildman–Crippen MR) is 151 cm³/mol. The van der Waals surface area contributed by atoms with Crippen LogP contribution in [0.3, 0.4) is 0 Å². The number of aromatic nitrogens is 2. The van der Waals surface area contributed by atoms with Gasteiger partial charge in [0.15, 0.2) is 6.61 Å². The molecule has 0 bridgehead atoms. The minimum Gasteiger partial charge on any atom is -0.484 e. The summed E-state index contributed by atoms with van der Waals surface area (Å²) in [4.78, 5) is 27.6. The van der Waals surface area contributed by atoms with Gasteiger partial charge in [0.1, 0.15) is 18.1 Å². The van der Waals surface area contributed by atoms with Crippen molar-refractivity contribution < 1.29 is 14.3 Å². The quantitative estimate of drug-likeness (QED) is 0.270. The maximum atomic E-state index is 13.2. The van der Waals surface area contributed by atoms with E-state index in [0.29, 0.717) is 29.6 Å². The standard InChI is InChI=1S/C30H31ClN4O3/c1-4-16-34(30(37)20-38-25-13-11-24(31)12-14-25)19-29(36)32-28-18-26(23-8-6-5-7-9-23)33-35(28)27-15-10-21(2)17-22(27)3/h5-15,17-18H,4,16,19-20H2,1-3H3,(H,32,36). The van der Waals surface area contributed by atoms with Crippen molar-refractivity contribution in [2.75, 3.05) is 25.0 Å². The van der Waals surface area contributed by atoms with Crippen molar-refractivity contribution in [3.05, 3.63) is 95.0 Å². The number of nitrogens with zero attached hydrogens (tertiary/aromatic N) is 3. The average molecular weight is 531 g/mol. The summed E-state index contributed by atoms with van der Waals surface area (Å²) in [6.07, 6.45) is 0.707. The molecule has 4 rings (SSSR count). The van der Waals surface area contributed by atoms with Gasteiger partial charge in [0.05, 0.1) is 11.4 Å². The Kier molecular flexibility index (Phi) is 8.81. The van der Waals surface area contributed by atoms with Crippen LogP contribution in [-0.2, 0) is 9.59 Å². The minimum atomic E-state index is -0.316. The van der Waals surface area contributed by atoms with Gasteiger partial charge in [-0.25, -0.2) is 4.68 Å². The summed E-state index contributed by atoms with van der Waals surface area (Å²) < 4.78 is 7.35. The van der Waals surface area contributed by atoms with Gasteiger partial charge in [-0.3, -0.25) is 9.59 Å². The molecule has 0 unspecified atom stereocenters. The van der Waals surface area contributed by atoms with Crippen LogP contribution >= 0.6 is 11.6 Å². The number of aryl methyl sites for hydroxylation is 2. The molecule has 0 saturated heterocycles. The third-order valence-corrected chi connectivity index (χ3v) is 6.24. The van der Waals surface area contributed by atoms with Gasteiger partial charge >= 0.3 is 0 Å². The lowest BCUT2D eigenvalue weighted by Gasteiger charge is -2.22. The summed E-state index contributed by atoms with van der Waals surface area (Å²) in [5.74, 6) is 0.477. The zero-order valence-electron chi connectivity index (χ0n) is 21.8. The highest BCUT2D eigenvalue weighted by molar-refractivity contribution is 6.30. The molecule has 1 heterocycles. The maximum Gasteiger partial charge on any atom is 0.260 e. The molecule has 0 aliphatic rings. The second-order valence-electron chi connectivity index (χ2n) is 9.09. The second-order valence-corrected chi connectivity index (χ2v) is 9.53. The Morgan fingerprint density at radius 2 is 1.74 bits per heavy atom. The van der Waals surface area contributed by atoms with E-state index in [9.17, 15) is 9.59 Å². The van der Waals surface area contributed by atoms with Gasteiger partial charge in [-0.15, -0.1) is 0 Å². The van der Waals surface area contributed by atoms with Gasteiger partial charge in [-0.05, 0) is 56.2 Å². The molecule has 0 aliphatic heterocycles. The fourth-order valence-corrected chi connectivity index (χ4v) is 4.26. The fraction of sp³-hybridized carbons (Fsp3) is 0.233. The third-order valence-electron chi connectivity index (χ3n) is 5.98. The number of anilines is 1. The van der Waals surface area contributed by atoms with Gasteiger partial charge in [0.25, 0.3) is 5.91 Å². The molecule has 2 amide bonds. The molecule has 38 heavy (non-hydrogen) atoms. The molecular formula is C30H31ClN4O3. The molecule has 1 aromatic heterocycles. The van der Waals surface area contributed by atoms with Gasteiger partial charge in [-0.2, -0.15) is 5.10 Å². The monoisotopic (exact) mass is 530 g/mol. The molecule has 8 heteroatoms. The van der Waals surface area contributed by atoms with Gasteiger partial charge in [0, 0.05) is 23.2 Å². The summed E-state index contributed by atoms with van der Waals surface area (Å²) in [6, 6.07) is 24.5. The Labute approximate surface area is 228 Å². The van der Waals surface area contributed by atoms with Crippen LogP contribution in [0.15, 0.2) is 78.9 Å². The number of amides is 2. The van der Waals surface area contributed by atoms with E-state index in [0.717, 1.165) is 28.1 Å². The number of carbonyl (C=O) groups is 2. The SMILES string of the molecule is CCCN(CC(=O)Nc1cc(-c2ccccc2)nn1-c1ccc(C)cc1C)C(=O)COc1ccc(Cl)cc1. The molecule has 0 atom stereocenters. The molecule has 1 N–H and O–H groups in total. The van der Waals surface area contributed by atoms with Gasteiger partial charge in [-0.1, -0.05) is 66.6 Å². The van der Waals surface area contributed by atoms with E-state index < -0.39 is 0 Å². The van der Waals surface area contributed by atoms with Crippen LogP contribution in [0, 0.1) is 13.8 Å². The van der Waals surface area contributed by atoms with E-state index in [1.165, 1.54) is 4.90 Å². The molecule has 0 spiro atoms. The van der Waals surface area contributed by atoms with Crippen molar-refractivity contribution in [3.8, 4) is 22.7 Å². The number of ether oxygens (including phenoxy) is 1. The van der Waals surface area contributed by atoms with Gasteiger partial charge in [0.2, 0.25) is 5.91 Å². The van der Waals surface area contributed by atoms with Crippen molar-refractivity contribution in [2.24, 2.45) is 0 Å². The highest BCUT2D eigenvalue weighted by Gasteiger charge is 2.20. The number of nitrogens with one attached hydrogen (secondary N) is 1. The number of halogens is 1. The van der Waals surface area contributed by atoms with Crippen molar-refractivity contribution >= 4 is 29.2 Å². The van der Waals surface area contributed by atoms with Gasteiger partial charge < -0.3 is 15.0 Å². The smallest absolute Gasteiger partial charge is 0.260 e. The van der Waals surface area contributed by atoms with E-state index in [4.69, 9.17) is 21.4 Å². The lowest BCUT2D eigenvalue weighted by molar-refractivity contribution is -0.136. The molecule has 7 nitrogen and oxygen atoms in total. The van der Waals surface area contributed by atoms with E-state index in [2.05, 4.69) is 11.4 Å². The van der Waals surface area contributed by atoms with Crippen molar-refractivity contribution in [3.63, 3.8) is 0 Å². The molecule has 3 aromatic carbocycles. The Morgan fingerprint density at radius 3 is 2.42 bits per heavy atom. The summed E-state index contributed by atoms with van der Waals surface area (Å²) in [5.41, 5.74) is 4.71. The highest BCUT2D eigenvalue weighted by Crippen LogP contribution is 2.26. The number of hydrogen-bond acceptors (Lipinski definition) is 4. The average Bonchev–Trinajstić information content (AvgIpc) is 3.31. The normalized spacial score (nSPS) is 10.7. The Morgan fingerprint density at radius 1 is 1.00 bits per heavy atom. The molecule has 196 valence electrons. The summed E-state index contributed by atoms with van der Waals surface area (Å²) in [6.45, 7) is 6.17. The van der Waals surface area contributed by atoms with Crippen LogP contribution in [-0.4, -0.2) is 46.2 Å². The van der Waals surface area contributed by atoms with Crippen molar-refractivity contribution in [2.45, 2.75) is 27.2 Å². The van der Waals surface area contributed by atoms with Crippen LogP contribution in [0.2, 0.25) is 5.02 Å². The molecule has 4 aromatic rings. The minimum absolute atomic E-state index is 0.102. The van der Waals surface area contributed by atoms with Crippen LogP contribution in [0.25, 0.3) is 16.9 Å². The van der Waals surface area contributed by atoms with Crippen LogP contribution in [0.1, 0.15) is 24.5 Å². The van der Waals surface area contributed by atoms with E-state index in [1.807, 2.05) is 69.3 Å². The van der Waals surface area contributed by atoms with Crippen LogP contribution < -0.4 is 10.1 Å². The Balaban J connectivity index is 1.52. The molecule has 0 fully saturated rings. The fourth-order valence-electron chi connectivity index (χ4n) is 4.13. The highest BCUT2D eigenvalue weighted by atomic mass is 35.5. The molecule has 0 saturated carbocycles. The number of rotatable bonds is 10. The molecule has 0 radical (unpaired) electrons. The first-order valence-electron chi connectivity index (χ1n) is 12.5. The first-order chi connectivity index (χ1) is 18.3. The van der Waals surface area contributed by atoms with E-state index in [-0.39, 0.29) is 25.0 Å². The topological polar surface area (TPSA) is 76.5 Å². The Bertz CT molecular complexity index is 1400. The second kappa shape index (κ2) is 12.4.